The van der Waals surface area contributed by atoms with Crippen molar-refractivity contribution in [1.29, 1.82) is 0 Å². The number of anilines is 1. The topological polar surface area (TPSA) is 71.8 Å². The fourth-order valence-corrected chi connectivity index (χ4v) is 1.52. The number of nitrogens with one attached hydrogen (secondary N) is 1. The Morgan fingerprint density at radius 1 is 1.38 bits per heavy atom. The van der Waals surface area contributed by atoms with Gasteiger partial charge in [0, 0.05) is 6.42 Å². The zero-order valence-corrected chi connectivity index (χ0v) is 9.03. The van der Waals surface area contributed by atoms with Gasteiger partial charge >= 0.3 is 0 Å². The number of H-pyrrole nitrogens is 1. The van der Waals surface area contributed by atoms with E-state index in [4.69, 9.17) is 5.73 Å². The summed E-state index contributed by atoms with van der Waals surface area (Å²) in [5.74, 6) is 0.633. The molecule has 0 atom stereocenters. The quantitative estimate of drug-likeness (QED) is 0.792. The number of aromatic nitrogens is 2. The molecule has 4 nitrogen and oxygen atoms in total. The minimum Gasteiger partial charge on any atom is -0.393 e. The van der Waals surface area contributed by atoms with Gasteiger partial charge in [0.05, 0.1) is 6.20 Å². The van der Waals surface area contributed by atoms with Crippen LogP contribution in [0.4, 0.5) is 5.69 Å². The Bertz CT molecular complexity index is 560. The van der Waals surface area contributed by atoms with Crippen LogP contribution in [0.25, 0.3) is 0 Å². The monoisotopic (exact) mass is 215 g/mol. The highest BCUT2D eigenvalue weighted by molar-refractivity contribution is 5.32. The number of hydrogen-bond acceptors (Lipinski definition) is 3. The molecular weight excluding hydrogens is 202 g/mol. The smallest absolute Gasteiger partial charge is 0.274 e. The summed E-state index contributed by atoms with van der Waals surface area (Å²) < 4.78 is 0. The standard InChI is InChI=1S/C12H13N3O/c1-8-4-2-3-5-9(8)6-11-14-7-10(13)12(16)15-11/h2-5,7H,6,13H2,1H3,(H,14,15,16). The SMILES string of the molecule is Cc1ccccc1Cc1ncc(N)c(=O)[nH]1. The molecular formula is C12H13N3O. The highest BCUT2D eigenvalue weighted by Gasteiger charge is 2.02. The molecule has 0 amide bonds. The van der Waals surface area contributed by atoms with E-state index in [0.717, 1.165) is 5.56 Å². The first-order chi connectivity index (χ1) is 7.66. The van der Waals surface area contributed by atoms with E-state index in [9.17, 15) is 4.79 Å². The van der Waals surface area contributed by atoms with Crippen LogP contribution < -0.4 is 11.3 Å². The second-order valence-corrected chi connectivity index (χ2v) is 3.72. The lowest BCUT2D eigenvalue weighted by Gasteiger charge is -2.04. The molecule has 0 spiro atoms. The molecule has 0 aliphatic rings. The van der Waals surface area contributed by atoms with Crippen LogP contribution in [0.3, 0.4) is 0 Å². The van der Waals surface area contributed by atoms with Gasteiger partial charge in [0.25, 0.3) is 5.56 Å². The molecule has 3 N–H and O–H groups in total. The van der Waals surface area contributed by atoms with E-state index in [1.165, 1.54) is 11.8 Å². The van der Waals surface area contributed by atoms with Crippen LogP contribution in [-0.4, -0.2) is 9.97 Å². The van der Waals surface area contributed by atoms with Crippen LogP contribution in [0.15, 0.2) is 35.3 Å². The van der Waals surface area contributed by atoms with Crippen molar-refractivity contribution in [3.05, 3.63) is 57.8 Å². The van der Waals surface area contributed by atoms with Crippen molar-refractivity contribution in [3.63, 3.8) is 0 Å². The largest absolute Gasteiger partial charge is 0.393 e. The van der Waals surface area contributed by atoms with Crippen LogP contribution in [0.5, 0.6) is 0 Å². The van der Waals surface area contributed by atoms with Gasteiger partial charge in [-0.2, -0.15) is 0 Å². The molecule has 0 unspecified atom stereocenters. The Hall–Kier alpha value is -2.10. The molecule has 2 aromatic rings. The summed E-state index contributed by atoms with van der Waals surface area (Å²) in [6, 6.07) is 8.01. The Kier molecular flexibility index (Phi) is 2.72. The zero-order valence-electron chi connectivity index (χ0n) is 9.03. The Morgan fingerprint density at radius 3 is 2.81 bits per heavy atom. The van der Waals surface area contributed by atoms with Crippen LogP contribution in [0.1, 0.15) is 17.0 Å². The fourth-order valence-electron chi connectivity index (χ4n) is 1.52. The van der Waals surface area contributed by atoms with Gasteiger partial charge in [-0.15, -0.1) is 0 Å². The third-order valence-electron chi connectivity index (χ3n) is 2.50. The Balaban J connectivity index is 2.31. The average Bonchev–Trinajstić information content (AvgIpc) is 2.27. The van der Waals surface area contributed by atoms with Crippen LogP contribution in [0, 0.1) is 6.92 Å². The van der Waals surface area contributed by atoms with Crippen molar-refractivity contribution in [2.24, 2.45) is 0 Å². The molecule has 2 rings (SSSR count). The Labute approximate surface area is 93.2 Å². The maximum Gasteiger partial charge on any atom is 0.274 e. The number of benzene rings is 1. The average molecular weight is 215 g/mol. The first-order valence-electron chi connectivity index (χ1n) is 5.05. The number of hydrogen-bond donors (Lipinski definition) is 2. The van der Waals surface area contributed by atoms with E-state index < -0.39 is 0 Å². The van der Waals surface area contributed by atoms with E-state index in [2.05, 4.69) is 9.97 Å². The molecule has 1 aromatic carbocycles. The Morgan fingerprint density at radius 2 is 2.12 bits per heavy atom. The van der Waals surface area contributed by atoms with E-state index in [0.29, 0.717) is 12.2 Å². The lowest BCUT2D eigenvalue weighted by molar-refractivity contribution is 0.943. The van der Waals surface area contributed by atoms with Gasteiger partial charge in [0.2, 0.25) is 0 Å². The van der Waals surface area contributed by atoms with Crippen molar-refractivity contribution in [3.8, 4) is 0 Å². The molecule has 0 aliphatic heterocycles. The van der Waals surface area contributed by atoms with Crippen molar-refractivity contribution < 1.29 is 0 Å². The molecule has 1 aromatic heterocycles. The molecule has 0 bridgehead atoms. The van der Waals surface area contributed by atoms with Crippen molar-refractivity contribution in [2.45, 2.75) is 13.3 Å². The second-order valence-electron chi connectivity index (χ2n) is 3.72. The van der Waals surface area contributed by atoms with Crippen molar-refractivity contribution in [1.82, 2.24) is 9.97 Å². The van der Waals surface area contributed by atoms with Gasteiger partial charge in [-0.3, -0.25) is 4.79 Å². The highest BCUT2D eigenvalue weighted by atomic mass is 16.1. The third-order valence-corrected chi connectivity index (χ3v) is 2.50. The van der Waals surface area contributed by atoms with Crippen molar-refractivity contribution in [2.75, 3.05) is 5.73 Å². The summed E-state index contributed by atoms with van der Waals surface area (Å²) in [4.78, 5) is 18.0. The molecule has 0 saturated carbocycles. The van der Waals surface area contributed by atoms with E-state index in [1.54, 1.807) is 0 Å². The predicted molar refractivity (Wildman–Crippen MR) is 63.3 cm³/mol. The molecule has 1 heterocycles. The minimum atomic E-state index is -0.279. The summed E-state index contributed by atoms with van der Waals surface area (Å²) in [6.45, 7) is 2.03. The molecule has 4 heteroatoms. The predicted octanol–water partition coefficient (Wildman–Crippen LogP) is 1.25. The number of rotatable bonds is 2. The van der Waals surface area contributed by atoms with Crippen molar-refractivity contribution >= 4 is 5.69 Å². The summed E-state index contributed by atoms with van der Waals surface area (Å²) in [7, 11) is 0. The maximum absolute atomic E-state index is 11.3. The number of aryl methyl sites for hydroxylation is 1. The summed E-state index contributed by atoms with van der Waals surface area (Å²) in [5.41, 5.74) is 7.60. The van der Waals surface area contributed by atoms with Gasteiger partial charge < -0.3 is 10.7 Å². The molecule has 16 heavy (non-hydrogen) atoms. The lowest BCUT2D eigenvalue weighted by atomic mass is 10.1. The van der Waals surface area contributed by atoms with Gasteiger partial charge in [-0.1, -0.05) is 24.3 Å². The van der Waals surface area contributed by atoms with E-state index >= 15 is 0 Å². The third kappa shape index (κ3) is 2.11. The fraction of sp³-hybridized carbons (Fsp3) is 0.167. The first kappa shape index (κ1) is 10.4. The van der Waals surface area contributed by atoms with E-state index in [-0.39, 0.29) is 11.2 Å². The van der Waals surface area contributed by atoms with Gasteiger partial charge in [0.15, 0.2) is 0 Å². The number of nitrogen functional groups attached to an aromatic ring is 1. The molecule has 0 aliphatic carbocycles. The van der Waals surface area contributed by atoms with Gasteiger partial charge in [-0.05, 0) is 18.1 Å². The first-order valence-corrected chi connectivity index (χ1v) is 5.05. The zero-order chi connectivity index (χ0) is 11.5. The van der Waals surface area contributed by atoms with Crippen LogP contribution in [0.2, 0.25) is 0 Å². The molecule has 0 fully saturated rings. The second kappa shape index (κ2) is 4.18. The van der Waals surface area contributed by atoms with Crippen LogP contribution >= 0.6 is 0 Å². The molecule has 0 saturated heterocycles. The molecule has 0 radical (unpaired) electrons. The van der Waals surface area contributed by atoms with Crippen LogP contribution in [-0.2, 0) is 6.42 Å². The van der Waals surface area contributed by atoms with E-state index in [1.807, 2.05) is 31.2 Å². The number of aromatic amines is 1. The summed E-state index contributed by atoms with van der Waals surface area (Å²) in [5, 5.41) is 0. The summed E-state index contributed by atoms with van der Waals surface area (Å²) >= 11 is 0. The van der Waals surface area contributed by atoms with Gasteiger partial charge in [0.1, 0.15) is 11.5 Å². The lowest BCUT2D eigenvalue weighted by Crippen LogP contribution is -2.15. The minimum absolute atomic E-state index is 0.147. The normalized spacial score (nSPS) is 10.3. The van der Waals surface area contributed by atoms with Gasteiger partial charge in [-0.25, -0.2) is 4.98 Å². The maximum atomic E-state index is 11.3. The number of nitrogens with two attached hydrogens (primary N) is 1. The molecule has 82 valence electrons. The highest BCUT2D eigenvalue weighted by Crippen LogP contribution is 2.10. The summed E-state index contributed by atoms with van der Waals surface area (Å²) in [6.07, 6.45) is 2.01. The number of nitrogens with zero attached hydrogens (tertiary/aromatic N) is 1.